The van der Waals surface area contributed by atoms with E-state index in [-0.39, 0.29) is 5.82 Å². The van der Waals surface area contributed by atoms with E-state index in [0.29, 0.717) is 19.0 Å². The lowest BCUT2D eigenvalue weighted by atomic mass is 10.1. The van der Waals surface area contributed by atoms with Gasteiger partial charge in [0.2, 0.25) is 5.95 Å². The molecule has 0 saturated heterocycles. The third-order valence-electron chi connectivity index (χ3n) is 2.87. The highest BCUT2D eigenvalue weighted by Crippen LogP contribution is 2.14. The molecule has 20 heavy (non-hydrogen) atoms. The predicted molar refractivity (Wildman–Crippen MR) is 77.1 cm³/mol. The standard InChI is InChI=1S/C14H18FN5/c1-3-10-6-5-7-17-12(10)9-18-13-11(15)8-19-14(20-13)16-4-2/h5-8H,3-4,9H2,1-2H3,(H2,16,18,19,20). The van der Waals surface area contributed by atoms with Gasteiger partial charge in [-0.15, -0.1) is 0 Å². The molecule has 106 valence electrons. The molecule has 2 rings (SSSR count). The van der Waals surface area contributed by atoms with Gasteiger partial charge in [-0.1, -0.05) is 13.0 Å². The molecule has 0 radical (unpaired) electrons. The monoisotopic (exact) mass is 275 g/mol. The van der Waals surface area contributed by atoms with Crippen molar-refractivity contribution in [2.24, 2.45) is 0 Å². The molecule has 0 amide bonds. The molecule has 0 aliphatic heterocycles. The molecular weight excluding hydrogens is 257 g/mol. The summed E-state index contributed by atoms with van der Waals surface area (Å²) in [6, 6.07) is 3.92. The van der Waals surface area contributed by atoms with E-state index < -0.39 is 5.82 Å². The summed E-state index contributed by atoms with van der Waals surface area (Å²) in [5.74, 6) is 0.123. The topological polar surface area (TPSA) is 62.7 Å². The maximum absolute atomic E-state index is 13.7. The summed E-state index contributed by atoms with van der Waals surface area (Å²) in [5.41, 5.74) is 2.04. The fourth-order valence-electron chi connectivity index (χ4n) is 1.85. The van der Waals surface area contributed by atoms with Crippen LogP contribution in [0.3, 0.4) is 0 Å². The van der Waals surface area contributed by atoms with Crippen molar-refractivity contribution in [2.45, 2.75) is 26.8 Å². The highest BCUT2D eigenvalue weighted by molar-refractivity contribution is 5.41. The average molecular weight is 275 g/mol. The van der Waals surface area contributed by atoms with Crippen molar-refractivity contribution in [3.05, 3.63) is 41.6 Å². The van der Waals surface area contributed by atoms with E-state index in [1.165, 1.54) is 0 Å². The highest BCUT2D eigenvalue weighted by atomic mass is 19.1. The number of nitrogens with one attached hydrogen (secondary N) is 2. The van der Waals surface area contributed by atoms with E-state index in [0.717, 1.165) is 23.9 Å². The first-order valence-electron chi connectivity index (χ1n) is 6.67. The van der Waals surface area contributed by atoms with Crippen molar-refractivity contribution in [1.82, 2.24) is 15.0 Å². The van der Waals surface area contributed by atoms with Gasteiger partial charge in [0, 0.05) is 12.7 Å². The van der Waals surface area contributed by atoms with Crippen LogP contribution < -0.4 is 10.6 Å². The SMILES string of the molecule is CCNc1ncc(F)c(NCc2ncccc2CC)n1. The summed E-state index contributed by atoms with van der Waals surface area (Å²) in [7, 11) is 0. The van der Waals surface area contributed by atoms with Crippen LogP contribution in [0.1, 0.15) is 25.1 Å². The van der Waals surface area contributed by atoms with Gasteiger partial charge < -0.3 is 10.6 Å². The van der Waals surface area contributed by atoms with Crippen molar-refractivity contribution < 1.29 is 4.39 Å². The Balaban J connectivity index is 2.12. The van der Waals surface area contributed by atoms with E-state index in [4.69, 9.17) is 0 Å². The van der Waals surface area contributed by atoms with Crippen LogP contribution in [0.5, 0.6) is 0 Å². The number of halogens is 1. The van der Waals surface area contributed by atoms with Gasteiger partial charge in [0.05, 0.1) is 18.4 Å². The molecule has 0 atom stereocenters. The number of rotatable bonds is 6. The molecular formula is C14H18FN5. The van der Waals surface area contributed by atoms with Gasteiger partial charge in [0.1, 0.15) is 0 Å². The van der Waals surface area contributed by atoms with Gasteiger partial charge in [-0.3, -0.25) is 4.98 Å². The van der Waals surface area contributed by atoms with Crippen molar-refractivity contribution in [3.63, 3.8) is 0 Å². The minimum Gasteiger partial charge on any atom is -0.362 e. The number of nitrogens with zero attached hydrogens (tertiary/aromatic N) is 3. The van der Waals surface area contributed by atoms with Crippen LogP contribution in [0.15, 0.2) is 24.5 Å². The van der Waals surface area contributed by atoms with Gasteiger partial charge >= 0.3 is 0 Å². The first kappa shape index (κ1) is 14.2. The lowest BCUT2D eigenvalue weighted by Crippen LogP contribution is -2.10. The molecule has 0 aromatic carbocycles. The lowest BCUT2D eigenvalue weighted by molar-refractivity contribution is 0.617. The first-order valence-corrected chi connectivity index (χ1v) is 6.67. The Bertz CT molecular complexity index is 573. The minimum atomic E-state index is -0.472. The first-order chi connectivity index (χ1) is 9.74. The minimum absolute atomic E-state index is 0.184. The van der Waals surface area contributed by atoms with Crippen molar-refractivity contribution >= 4 is 11.8 Å². The molecule has 2 aromatic rings. The summed E-state index contributed by atoms with van der Waals surface area (Å²) < 4.78 is 13.7. The van der Waals surface area contributed by atoms with Crippen molar-refractivity contribution in [2.75, 3.05) is 17.2 Å². The van der Waals surface area contributed by atoms with E-state index in [1.54, 1.807) is 6.20 Å². The van der Waals surface area contributed by atoms with Crippen molar-refractivity contribution in [3.8, 4) is 0 Å². The second-order valence-corrected chi connectivity index (χ2v) is 4.24. The summed E-state index contributed by atoms with van der Waals surface area (Å²) >= 11 is 0. The number of hydrogen-bond donors (Lipinski definition) is 2. The summed E-state index contributed by atoms with van der Waals surface area (Å²) in [4.78, 5) is 12.3. The van der Waals surface area contributed by atoms with Gasteiger partial charge in [0.15, 0.2) is 11.6 Å². The van der Waals surface area contributed by atoms with Crippen LogP contribution in [0.25, 0.3) is 0 Å². The molecule has 2 aromatic heterocycles. The number of pyridine rings is 1. The molecule has 5 nitrogen and oxygen atoms in total. The fourth-order valence-corrected chi connectivity index (χ4v) is 1.85. The van der Waals surface area contributed by atoms with Crippen LogP contribution in [0.2, 0.25) is 0 Å². The van der Waals surface area contributed by atoms with Crippen LogP contribution in [0.4, 0.5) is 16.2 Å². The lowest BCUT2D eigenvalue weighted by Gasteiger charge is -2.10. The van der Waals surface area contributed by atoms with E-state index in [1.807, 2.05) is 19.1 Å². The van der Waals surface area contributed by atoms with Crippen LogP contribution in [-0.4, -0.2) is 21.5 Å². The van der Waals surface area contributed by atoms with Crippen LogP contribution >= 0.6 is 0 Å². The Hall–Kier alpha value is -2.24. The molecule has 0 saturated carbocycles. The summed E-state index contributed by atoms with van der Waals surface area (Å²) in [5, 5.41) is 5.93. The second-order valence-electron chi connectivity index (χ2n) is 4.24. The van der Waals surface area contributed by atoms with Gasteiger partial charge in [-0.2, -0.15) is 4.98 Å². The average Bonchev–Trinajstić information content (AvgIpc) is 2.48. The van der Waals surface area contributed by atoms with E-state index in [9.17, 15) is 4.39 Å². The fraction of sp³-hybridized carbons (Fsp3) is 0.357. The predicted octanol–water partition coefficient (Wildman–Crippen LogP) is 2.62. The molecule has 0 bridgehead atoms. The van der Waals surface area contributed by atoms with Gasteiger partial charge in [0.25, 0.3) is 0 Å². The number of hydrogen-bond acceptors (Lipinski definition) is 5. The van der Waals surface area contributed by atoms with E-state index in [2.05, 4.69) is 32.5 Å². The Morgan fingerprint density at radius 2 is 2.05 bits per heavy atom. The molecule has 0 fully saturated rings. The third kappa shape index (κ3) is 3.40. The zero-order chi connectivity index (χ0) is 14.4. The Labute approximate surface area is 117 Å². The number of aryl methyl sites for hydroxylation is 1. The third-order valence-corrected chi connectivity index (χ3v) is 2.87. The highest BCUT2D eigenvalue weighted by Gasteiger charge is 2.08. The molecule has 0 unspecified atom stereocenters. The summed E-state index contributed by atoms with van der Waals surface area (Å²) in [6.45, 7) is 5.12. The maximum atomic E-state index is 13.7. The molecule has 6 heteroatoms. The molecule has 2 heterocycles. The molecule has 2 N–H and O–H groups in total. The zero-order valence-corrected chi connectivity index (χ0v) is 11.7. The van der Waals surface area contributed by atoms with Crippen LogP contribution in [-0.2, 0) is 13.0 Å². The number of anilines is 2. The Kier molecular flexibility index (Phi) is 4.81. The zero-order valence-electron chi connectivity index (χ0n) is 11.7. The van der Waals surface area contributed by atoms with Crippen LogP contribution in [0, 0.1) is 5.82 Å². The Morgan fingerprint density at radius 3 is 2.80 bits per heavy atom. The summed E-state index contributed by atoms with van der Waals surface area (Å²) in [6.07, 6.45) is 3.78. The largest absolute Gasteiger partial charge is 0.362 e. The molecule has 0 spiro atoms. The molecule has 0 aliphatic carbocycles. The second kappa shape index (κ2) is 6.79. The number of aromatic nitrogens is 3. The molecule has 0 aliphatic rings. The quantitative estimate of drug-likeness (QED) is 0.848. The smallest absolute Gasteiger partial charge is 0.224 e. The maximum Gasteiger partial charge on any atom is 0.224 e. The van der Waals surface area contributed by atoms with Gasteiger partial charge in [-0.05, 0) is 25.0 Å². The van der Waals surface area contributed by atoms with Crippen molar-refractivity contribution in [1.29, 1.82) is 0 Å². The normalized spacial score (nSPS) is 10.3. The van der Waals surface area contributed by atoms with E-state index >= 15 is 0 Å². The van der Waals surface area contributed by atoms with Gasteiger partial charge in [-0.25, -0.2) is 9.37 Å². The Morgan fingerprint density at radius 1 is 1.20 bits per heavy atom.